The number of H-pyrrole nitrogens is 1. The van der Waals surface area contributed by atoms with Gasteiger partial charge in [0.2, 0.25) is 0 Å². The quantitative estimate of drug-likeness (QED) is 0.0991. The Labute approximate surface area is 264 Å². The molecule has 0 aliphatic carbocycles. The van der Waals surface area contributed by atoms with E-state index < -0.39 is 65.7 Å². The largest absolute Gasteiger partial charge is 0.490 e. The third kappa shape index (κ3) is 11.6. The van der Waals surface area contributed by atoms with Gasteiger partial charge in [0.05, 0.1) is 12.2 Å². The van der Waals surface area contributed by atoms with Crippen LogP contribution in [0.5, 0.6) is 0 Å². The topological polar surface area (TPSA) is 250 Å². The normalized spacial score (nSPS) is 22.1. The van der Waals surface area contributed by atoms with Crippen molar-refractivity contribution in [2.45, 2.75) is 57.8 Å². The van der Waals surface area contributed by atoms with Crippen molar-refractivity contribution in [1.29, 1.82) is 0 Å². The standard InChI is InChI=1S/C23H33N2O15P3S2/c1-13(2)12-44-45-15(4)16-7-5-6-8-17(16)22(27)38-18-9-20(25-10-14(3)21(26)24-23(25)28)37-19(18)11-36-42(32,33)40-43(34,35)39-41(29,30)31/h5-8,10,13,15,18-20H,9,11-12H2,1-4H3,(H,32,33)(H,34,35)(H,24,26,28)(H2,29,30,31)/t15?,18-,19?,20-/m1/s1. The predicted molar refractivity (Wildman–Crippen MR) is 163 cm³/mol. The van der Waals surface area contributed by atoms with Gasteiger partial charge in [-0.05, 0) is 31.4 Å². The summed E-state index contributed by atoms with van der Waals surface area (Å²) < 4.78 is 59.7. The number of phosphoric acid groups is 3. The Morgan fingerprint density at radius 1 is 1.09 bits per heavy atom. The fourth-order valence-electron chi connectivity index (χ4n) is 3.98. The van der Waals surface area contributed by atoms with Gasteiger partial charge in [-0.25, -0.2) is 23.3 Å². The number of aromatic nitrogens is 2. The first-order chi connectivity index (χ1) is 20.8. The first-order valence-electron chi connectivity index (χ1n) is 13.1. The Morgan fingerprint density at radius 2 is 1.76 bits per heavy atom. The average Bonchev–Trinajstić information content (AvgIpc) is 3.29. The lowest BCUT2D eigenvalue weighted by atomic mass is 10.0. The maximum absolute atomic E-state index is 13.4. The van der Waals surface area contributed by atoms with Crippen molar-refractivity contribution in [3.8, 4) is 0 Å². The molecular weight excluding hydrogens is 701 g/mol. The van der Waals surface area contributed by atoms with E-state index in [-0.39, 0.29) is 22.8 Å². The number of ether oxygens (including phenoxy) is 2. The van der Waals surface area contributed by atoms with Crippen LogP contribution in [0.4, 0.5) is 0 Å². The van der Waals surface area contributed by atoms with Crippen molar-refractivity contribution >= 4 is 51.0 Å². The molecule has 2 heterocycles. The highest BCUT2D eigenvalue weighted by molar-refractivity contribution is 8.76. The zero-order valence-corrected chi connectivity index (χ0v) is 28.6. The van der Waals surface area contributed by atoms with E-state index in [1.165, 1.54) is 13.1 Å². The van der Waals surface area contributed by atoms with E-state index in [4.69, 9.17) is 23.8 Å². The second-order valence-corrected chi connectivity index (χ2v) is 17.4. The second-order valence-electron chi connectivity index (χ2n) is 10.2. The van der Waals surface area contributed by atoms with Crippen LogP contribution in [0.2, 0.25) is 0 Å². The molecule has 0 radical (unpaired) electrons. The van der Waals surface area contributed by atoms with Gasteiger partial charge in [0.15, 0.2) is 0 Å². The summed E-state index contributed by atoms with van der Waals surface area (Å²) in [5.74, 6) is 0.573. The molecule has 1 aliphatic heterocycles. The number of esters is 1. The van der Waals surface area contributed by atoms with E-state index in [1.54, 1.807) is 45.9 Å². The summed E-state index contributed by atoms with van der Waals surface area (Å²) >= 11 is 0. The SMILES string of the molecule is Cc1cn([C@H]2C[C@@H](OC(=O)c3ccccc3C(C)SSCC(C)C)C(COP(=O)(O)OP(=O)(O)OP(=O)(O)O)O2)c(=O)[nH]c1=O. The van der Waals surface area contributed by atoms with Gasteiger partial charge in [-0.15, -0.1) is 0 Å². The van der Waals surface area contributed by atoms with Gasteiger partial charge in [0.1, 0.15) is 18.4 Å². The summed E-state index contributed by atoms with van der Waals surface area (Å²) in [6, 6.07) is 6.74. The number of aromatic amines is 1. The minimum atomic E-state index is -5.79. The lowest BCUT2D eigenvalue weighted by molar-refractivity contribution is -0.0512. The van der Waals surface area contributed by atoms with Gasteiger partial charge in [-0.2, -0.15) is 8.62 Å². The Kier molecular flexibility index (Phi) is 13.1. The van der Waals surface area contributed by atoms with Gasteiger partial charge in [-0.3, -0.25) is 18.9 Å². The van der Waals surface area contributed by atoms with Gasteiger partial charge in [-0.1, -0.05) is 53.6 Å². The van der Waals surface area contributed by atoms with Gasteiger partial charge < -0.3 is 29.0 Å². The third-order valence-electron chi connectivity index (χ3n) is 5.95. The van der Waals surface area contributed by atoms with Crippen LogP contribution in [0.15, 0.2) is 40.1 Å². The number of phosphoric ester groups is 1. The monoisotopic (exact) mass is 734 g/mol. The van der Waals surface area contributed by atoms with Gasteiger partial charge in [0.25, 0.3) is 5.56 Å². The number of nitrogens with one attached hydrogen (secondary N) is 1. The molecule has 1 fully saturated rings. The van der Waals surface area contributed by atoms with E-state index >= 15 is 0 Å². The van der Waals surface area contributed by atoms with Gasteiger partial charge >= 0.3 is 35.1 Å². The maximum atomic E-state index is 13.4. The molecule has 1 aromatic heterocycles. The molecule has 1 saturated heterocycles. The number of aryl methyl sites for hydroxylation is 1. The fraction of sp³-hybridized carbons (Fsp3) is 0.522. The molecule has 6 atom stereocenters. The molecule has 2 aromatic rings. The van der Waals surface area contributed by atoms with E-state index in [0.717, 1.165) is 10.3 Å². The van der Waals surface area contributed by atoms with Crippen LogP contribution in [0.3, 0.4) is 0 Å². The van der Waals surface area contributed by atoms with E-state index in [1.807, 2.05) is 6.92 Å². The number of hydrogen-bond acceptors (Lipinski definition) is 13. The number of rotatable bonds is 15. The minimum absolute atomic E-state index is 0.117. The summed E-state index contributed by atoms with van der Waals surface area (Å²) in [7, 11) is -13.7. The molecule has 1 aromatic carbocycles. The molecule has 0 saturated carbocycles. The highest BCUT2D eigenvalue weighted by Gasteiger charge is 2.44. The molecule has 4 unspecified atom stereocenters. The first kappa shape index (κ1) is 37.9. The molecule has 252 valence electrons. The maximum Gasteiger partial charge on any atom is 0.490 e. The smallest absolute Gasteiger partial charge is 0.456 e. The van der Waals surface area contributed by atoms with Crippen LogP contribution in [-0.4, -0.2) is 59.7 Å². The van der Waals surface area contributed by atoms with Crippen LogP contribution in [0.1, 0.15) is 60.2 Å². The Balaban J connectivity index is 1.84. The molecule has 45 heavy (non-hydrogen) atoms. The van der Waals surface area contributed by atoms with Crippen molar-refractivity contribution in [1.82, 2.24) is 9.55 Å². The van der Waals surface area contributed by atoms with E-state index in [0.29, 0.717) is 11.5 Å². The Hall–Kier alpha value is -1.56. The van der Waals surface area contributed by atoms with Crippen LogP contribution in [0.25, 0.3) is 0 Å². The number of carbonyl (C=O) groups excluding carboxylic acids is 1. The van der Waals surface area contributed by atoms with Crippen molar-refractivity contribution in [3.05, 3.63) is 68.0 Å². The molecule has 22 heteroatoms. The third-order valence-corrected chi connectivity index (χ3v) is 12.9. The first-order valence-corrected chi connectivity index (χ1v) is 20.0. The molecular formula is C23H33N2O15P3S2. The van der Waals surface area contributed by atoms with Crippen molar-refractivity contribution < 1.29 is 60.7 Å². The second kappa shape index (κ2) is 15.6. The summed E-state index contributed by atoms with van der Waals surface area (Å²) in [6.07, 6.45) is -2.78. The predicted octanol–water partition coefficient (Wildman–Crippen LogP) is 3.80. The molecule has 0 bridgehead atoms. The van der Waals surface area contributed by atoms with Gasteiger partial charge in [0, 0.05) is 29.2 Å². The highest BCUT2D eigenvalue weighted by atomic mass is 33.1. The lowest BCUT2D eigenvalue weighted by Crippen LogP contribution is -2.33. The minimum Gasteiger partial charge on any atom is -0.456 e. The zero-order chi connectivity index (χ0) is 33.7. The van der Waals surface area contributed by atoms with E-state index in [9.17, 15) is 37.9 Å². The van der Waals surface area contributed by atoms with Crippen molar-refractivity contribution in [2.24, 2.45) is 5.92 Å². The molecule has 3 rings (SSSR count). The number of hydrogen-bond donors (Lipinski definition) is 5. The fourth-order valence-corrected chi connectivity index (χ4v) is 9.85. The Bertz CT molecular complexity index is 1630. The van der Waals surface area contributed by atoms with Crippen LogP contribution in [-0.2, 0) is 36.3 Å². The summed E-state index contributed by atoms with van der Waals surface area (Å²) in [6.45, 7) is 6.60. The number of carbonyl (C=O) groups is 1. The van der Waals surface area contributed by atoms with Crippen molar-refractivity contribution in [3.63, 3.8) is 0 Å². The van der Waals surface area contributed by atoms with E-state index in [2.05, 4.69) is 27.5 Å². The Morgan fingerprint density at radius 3 is 2.40 bits per heavy atom. The summed E-state index contributed by atoms with van der Waals surface area (Å²) in [5, 5.41) is -0.117. The molecule has 0 amide bonds. The van der Waals surface area contributed by atoms with Crippen LogP contribution in [0, 0.1) is 12.8 Å². The molecule has 0 spiro atoms. The number of nitrogens with zero attached hydrogens (tertiary/aromatic N) is 1. The summed E-state index contributed by atoms with van der Waals surface area (Å²) in [5.41, 5.74) is -0.439. The van der Waals surface area contributed by atoms with Crippen LogP contribution < -0.4 is 11.2 Å². The number of benzene rings is 1. The van der Waals surface area contributed by atoms with Crippen LogP contribution >= 0.6 is 45.1 Å². The summed E-state index contributed by atoms with van der Waals surface area (Å²) in [4.78, 5) is 76.7. The molecule has 17 nitrogen and oxygen atoms in total. The molecule has 1 aliphatic rings. The van der Waals surface area contributed by atoms with Crippen molar-refractivity contribution in [2.75, 3.05) is 12.4 Å². The average molecular weight is 735 g/mol. The highest BCUT2D eigenvalue weighted by Crippen LogP contribution is 2.66. The lowest BCUT2D eigenvalue weighted by Gasteiger charge is -2.22. The zero-order valence-electron chi connectivity index (χ0n) is 24.3. The molecule has 5 N–H and O–H groups in total.